The van der Waals surface area contributed by atoms with Crippen molar-refractivity contribution in [1.29, 1.82) is 5.26 Å². The largest absolute Gasteiger partial charge is 0.492 e. The number of non-ortho nitro benzene ring substituents is 1. The molecule has 1 fully saturated rings. The van der Waals surface area contributed by atoms with Gasteiger partial charge in [-0.3, -0.25) is 10.1 Å². The van der Waals surface area contributed by atoms with Crippen LogP contribution in [0.1, 0.15) is 31.2 Å². The van der Waals surface area contributed by atoms with E-state index in [4.69, 9.17) is 15.7 Å². The van der Waals surface area contributed by atoms with Gasteiger partial charge in [-0.1, -0.05) is 12.8 Å². The number of ether oxygens (including phenoxy) is 1. The first-order valence-electron chi connectivity index (χ1n) is 7.17. The van der Waals surface area contributed by atoms with Crippen LogP contribution < -0.4 is 10.5 Å². The van der Waals surface area contributed by atoms with Gasteiger partial charge in [-0.25, -0.2) is 0 Å². The van der Waals surface area contributed by atoms with Crippen LogP contribution in [0.2, 0.25) is 0 Å². The number of hydrogen-bond acceptors (Lipinski definition) is 5. The third-order valence-corrected chi connectivity index (χ3v) is 4.12. The monoisotopic (exact) mass is 289 g/mol. The van der Waals surface area contributed by atoms with Crippen LogP contribution in [-0.2, 0) is 0 Å². The fourth-order valence-electron chi connectivity index (χ4n) is 2.86. The van der Waals surface area contributed by atoms with Gasteiger partial charge in [-0.2, -0.15) is 5.26 Å². The number of rotatable bonds is 5. The number of nitriles is 1. The Bertz CT molecular complexity index is 554. The van der Waals surface area contributed by atoms with E-state index in [-0.39, 0.29) is 11.3 Å². The maximum atomic E-state index is 10.7. The molecule has 1 aromatic carbocycles. The van der Waals surface area contributed by atoms with E-state index < -0.39 is 4.92 Å². The molecule has 21 heavy (non-hydrogen) atoms. The predicted molar refractivity (Wildman–Crippen MR) is 77.8 cm³/mol. The van der Waals surface area contributed by atoms with Gasteiger partial charge < -0.3 is 10.5 Å². The minimum Gasteiger partial charge on any atom is -0.492 e. The summed E-state index contributed by atoms with van der Waals surface area (Å²) in [6.45, 7) is 1.16. The molecule has 1 saturated carbocycles. The van der Waals surface area contributed by atoms with E-state index in [0.717, 1.165) is 12.8 Å². The van der Waals surface area contributed by atoms with Crippen LogP contribution in [0.4, 0.5) is 5.69 Å². The predicted octanol–water partition coefficient (Wildman–Crippen LogP) is 2.61. The number of hydrogen-bond donors (Lipinski definition) is 1. The van der Waals surface area contributed by atoms with Crippen molar-refractivity contribution >= 4 is 5.69 Å². The van der Waals surface area contributed by atoms with E-state index in [0.29, 0.717) is 30.7 Å². The molecule has 1 aromatic rings. The van der Waals surface area contributed by atoms with E-state index >= 15 is 0 Å². The molecule has 0 radical (unpaired) electrons. The molecule has 2 N–H and O–H groups in total. The standard InChI is InChI=1S/C15H19N3O3/c16-8-11-3-1-2-4-12(11)10-21-15-6-5-14(18(19)20)7-13(15)9-17/h5-7,11-12H,1-4,8,10,16H2. The first-order valence-corrected chi connectivity index (χ1v) is 7.17. The molecule has 0 bridgehead atoms. The van der Waals surface area contributed by atoms with Crippen LogP contribution in [-0.4, -0.2) is 18.1 Å². The Morgan fingerprint density at radius 3 is 2.71 bits per heavy atom. The topological polar surface area (TPSA) is 102 Å². The maximum absolute atomic E-state index is 10.7. The van der Waals surface area contributed by atoms with Crippen LogP contribution in [0.25, 0.3) is 0 Å². The van der Waals surface area contributed by atoms with E-state index in [9.17, 15) is 10.1 Å². The molecular formula is C15H19N3O3. The molecule has 6 nitrogen and oxygen atoms in total. The van der Waals surface area contributed by atoms with Crippen LogP contribution in [0.15, 0.2) is 18.2 Å². The molecule has 112 valence electrons. The summed E-state index contributed by atoms with van der Waals surface area (Å²) in [6, 6.07) is 6.05. The van der Waals surface area contributed by atoms with Crippen molar-refractivity contribution in [1.82, 2.24) is 0 Å². The lowest BCUT2D eigenvalue weighted by molar-refractivity contribution is -0.384. The Morgan fingerprint density at radius 2 is 2.10 bits per heavy atom. The Morgan fingerprint density at radius 1 is 1.38 bits per heavy atom. The summed E-state index contributed by atoms with van der Waals surface area (Å²) in [7, 11) is 0. The SMILES string of the molecule is N#Cc1cc([N+](=O)[O-])ccc1OCC1CCCCC1CN. The van der Waals surface area contributed by atoms with Gasteiger partial charge in [0.15, 0.2) is 0 Å². The lowest BCUT2D eigenvalue weighted by atomic mass is 9.80. The van der Waals surface area contributed by atoms with Crippen molar-refractivity contribution in [2.45, 2.75) is 25.7 Å². The summed E-state index contributed by atoms with van der Waals surface area (Å²) in [5, 5.41) is 19.8. The van der Waals surface area contributed by atoms with Gasteiger partial charge in [-0.15, -0.1) is 0 Å². The van der Waals surface area contributed by atoms with E-state index in [1.165, 1.54) is 31.0 Å². The summed E-state index contributed by atoms with van der Waals surface area (Å²) >= 11 is 0. The molecule has 2 unspecified atom stereocenters. The summed E-state index contributed by atoms with van der Waals surface area (Å²) < 4.78 is 5.73. The average Bonchev–Trinajstić information content (AvgIpc) is 2.52. The van der Waals surface area contributed by atoms with Crippen molar-refractivity contribution in [3.8, 4) is 11.8 Å². The minimum absolute atomic E-state index is 0.101. The smallest absolute Gasteiger partial charge is 0.271 e. The molecule has 6 heteroatoms. The number of benzene rings is 1. The fourth-order valence-corrected chi connectivity index (χ4v) is 2.86. The highest BCUT2D eigenvalue weighted by Crippen LogP contribution is 2.31. The van der Waals surface area contributed by atoms with Gasteiger partial charge in [0.2, 0.25) is 0 Å². The molecule has 0 amide bonds. The molecule has 1 aliphatic rings. The summed E-state index contributed by atoms with van der Waals surface area (Å²) in [5.41, 5.74) is 5.89. The number of nitro benzene ring substituents is 1. The molecule has 0 heterocycles. The number of nitrogens with two attached hydrogens (primary N) is 1. The molecule has 0 aromatic heterocycles. The van der Waals surface area contributed by atoms with Crippen molar-refractivity contribution in [3.63, 3.8) is 0 Å². The van der Waals surface area contributed by atoms with Crippen molar-refractivity contribution in [2.24, 2.45) is 17.6 Å². The van der Waals surface area contributed by atoms with Gasteiger partial charge in [0.1, 0.15) is 17.4 Å². The second-order valence-electron chi connectivity index (χ2n) is 5.40. The maximum Gasteiger partial charge on any atom is 0.271 e. The van der Waals surface area contributed by atoms with E-state index in [2.05, 4.69) is 0 Å². The highest BCUT2D eigenvalue weighted by Gasteiger charge is 2.25. The quantitative estimate of drug-likeness (QED) is 0.663. The molecule has 0 spiro atoms. The third kappa shape index (κ3) is 3.70. The van der Waals surface area contributed by atoms with Crippen molar-refractivity contribution in [2.75, 3.05) is 13.2 Å². The van der Waals surface area contributed by atoms with Gasteiger partial charge in [0.05, 0.1) is 11.5 Å². The molecule has 0 aliphatic heterocycles. The number of nitrogens with zero attached hydrogens (tertiary/aromatic N) is 2. The minimum atomic E-state index is -0.518. The Balaban J connectivity index is 2.06. The van der Waals surface area contributed by atoms with Gasteiger partial charge in [-0.05, 0) is 37.3 Å². The van der Waals surface area contributed by atoms with Crippen LogP contribution >= 0.6 is 0 Å². The van der Waals surface area contributed by atoms with Crippen molar-refractivity contribution in [3.05, 3.63) is 33.9 Å². The van der Waals surface area contributed by atoms with Crippen LogP contribution in [0, 0.1) is 33.3 Å². The second-order valence-corrected chi connectivity index (χ2v) is 5.40. The average molecular weight is 289 g/mol. The molecule has 2 atom stereocenters. The fraction of sp³-hybridized carbons (Fsp3) is 0.533. The second kappa shape index (κ2) is 7.04. The zero-order valence-corrected chi connectivity index (χ0v) is 11.8. The molecular weight excluding hydrogens is 270 g/mol. The van der Waals surface area contributed by atoms with Gasteiger partial charge >= 0.3 is 0 Å². The molecule has 2 rings (SSSR count). The van der Waals surface area contributed by atoms with Crippen LogP contribution in [0.5, 0.6) is 5.75 Å². The molecule has 1 aliphatic carbocycles. The highest BCUT2D eigenvalue weighted by molar-refractivity contribution is 5.50. The van der Waals surface area contributed by atoms with E-state index in [1.807, 2.05) is 6.07 Å². The summed E-state index contributed by atoms with van der Waals surface area (Å²) in [6.07, 6.45) is 4.59. The van der Waals surface area contributed by atoms with Crippen LogP contribution in [0.3, 0.4) is 0 Å². The third-order valence-electron chi connectivity index (χ3n) is 4.12. The van der Waals surface area contributed by atoms with Gasteiger partial charge in [0.25, 0.3) is 5.69 Å². The zero-order valence-electron chi connectivity index (χ0n) is 11.8. The van der Waals surface area contributed by atoms with Crippen molar-refractivity contribution < 1.29 is 9.66 Å². The lowest BCUT2D eigenvalue weighted by Crippen LogP contribution is -2.30. The number of nitro groups is 1. The Kier molecular flexibility index (Phi) is 5.12. The normalized spacial score (nSPS) is 21.5. The first-order chi connectivity index (χ1) is 10.2. The summed E-state index contributed by atoms with van der Waals surface area (Å²) in [4.78, 5) is 10.2. The Labute approximate surface area is 123 Å². The van der Waals surface area contributed by atoms with Gasteiger partial charge in [0, 0.05) is 12.1 Å². The van der Waals surface area contributed by atoms with E-state index in [1.54, 1.807) is 0 Å². The zero-order chi connectivity index (χ0) is 15.2. The molecule has 0 saturated heterocycles. The first kappa shape index (κ1) is 15.3. The Hall–Kier alpha value is -2.13. The summed E-state index contributed by atoms with van der Waals surface area (Å²) in [5.74, 6) is 1.26. The lowest BCUT2D eigenvalue weighted by Gasteiger charge is -2.30. The highest BCUT2D eigenvalue weighted by atomic mass is 16.6.